The number of carbonyl (C=O) groups is 1. The van der Waals surface area contributed by atoms with E-state index in [0.717, 1.165) is 12.2 Å². The first kappa shape index (κ1) is 12.8. The summed E-state index contributed by atoms with van der Waals surface area (Å²) in [6, 6.07) is 1.39. The fourth-order valence-electron chi connectivity index (χ4n) is 1.21. The van der Waals surface area contributed by atoms with Crippen LogP contribution in [0.2, 0.25) is 0 Å². The maximum absolute atomic E-state index is 11.1. The smallest absolute Gasteiger partial charge is 0.338 e. The second kappa shape index (κ2) is 5.32. The Labute approximate surface area is 111 Å². The van der Waals surface area contributed by atoms with Gasteiger partial charge in [0.25, 0.3) is 0 Å². The number of nitrogens with zero attached hydrogens (tertiary/aromatic N) is 3. The number of aromatic carboxylic acids is 1. The topological polar surface area (TPSA) is 102 Å². The van der Waals surface area contributed by atoms with Crippen LogP contribution < -0.4 is 5.73 Å². The summed E-state index contributed by atoms with van der Waals surface area (Å²) < 4.78 is 4.81. The first-order valence-corrected chi connectivity index (χ1v) is 6.68. The molecule has 2 rings (SSSR count). The van der Waals surface area contributed by atoms with Crippen LogP contribution in [0.4, 0.5) is 5.69 Å². The van der Waals surface area contributed by atoms with E-state index in [2.05, 4.69) is 14.3 Å². The lowest BCUT2D eigenvalue weighted by Crippen LogP contribution is -2.02. The zero-order valence-electron chi connectivity index (χ0n) is 9.45. The number of anilines is 1. The van der Waals surface area contributed by atoms with Crippen molar-refractivity contribution < 1.29 is 9.90 Å². The number of hydrogen-bond donors (Lipinski definition) is 2. The van der Waals surface area contributed by atoms with E-state index in [1.54, 1.807) is 0 Å². The van der Waals surface area contributed by atoms with Crippen LogP contribution in [0.5, 0.6) is 0 Å². The average Bonchev–Trinajstić information content (AvgIpc) is 2.79. The van der Waals surface area contributed by atoms with Gasteiger partial charge in [0.1, 0.15) is 10.9 Å². The molecule has 3 N–H and O–H groups in total. The van der Waals surface area contributed by atoms with Gasteiger partial charge in [0.2, 0.25) is 0 Å². The molecule has 0 amide bonds. The van der Waals surface area contributed by atoms with Crippen molar-refractivity contribution in [3.63, 3.8) is 0 Å². The van der Waals surface area contributed by atoms with Crippen molar-refractivity contribution in [3.8, 4) is 0 Å². The number of aromatic nitrogens is 3. The third kappa shape index (κ3) is 2.77. The van der Waals surface area contributed by atoms with Gasteiger partial charge in [-0.15, -0.1) is 0 Å². The molecule has 0 aliphatic carbocycles. The molecule has 2 heterocycles. The number of aryl methyl sites for hydroxylation is 1. The van der Waals surface area contributed by atoms with Crippen LogP contribution in [0.1, 0.15) is 23.1 Å². The van der Waals surface area contributed by atoms with Gasteiger partial charge < -0.3 is 10.8 Å². The van der Waals surface area contributed by atoms with E-state index >= 15 is 0 Å². The zero-order chi connectivity index (χ0) is 13.1. The molecule has 8 heteroatoms. The standard InChI is InChI=1S/C10H10N4O2S2/c1-2-7-13-10(18-14-7)17-8-6(9(15)16)3-5(11)4-12-8/h3-4H,2,11H2,1H3,(H,15,16). The van der Waals surface area contributed by atoms with Crippen molar-refractivity contribution in [2.24, 2.45) is 0 Å². The van der Waals surface area contributed by atoms with Gasteiger partial charge in [-0.3, -0.25) is 0 Å². The Kier molecular flexibility index (Phi) is 3.78. The fourth-order valence-corrected chi connectivity index (χ4v) is 2.88. The number of rotatable bonds is 4. The van der Waals surface area contributed by atoms with Gasteiger partial charge in [-0.05, 0) is 29.4 Å². The highest BCUT2D eigenvalue weighted by molar-refractivity contribution is 8.01. The highest BCUT2D eigenvalue weighted by Gasteiger charge is 2.15. The summed E-state index contributed by atoms with van der Waals surface area (Å²) >= 11 is 2.42. The Morgan fingerprint density at radius 1 is 1.61 bits per heavy atom. The van der Waals surface area contributed by atoms with Crippen molar-refractivity contribution in [1.82, 2.24) is 14.3 Å². The molecule has 18 heavy (non-hydrogen) atoms. The Bertz CT molecular complexity index is 585. The lowest BCUT2D eigenvalue weighted by Gasteiger charge is -2.02. The van der Waals surface area contributed by atoms with Crippen LogP contribution >= 0.6 is 23.3 Å². The second-order valence-electron chi connectivity index (χ2n) is 3.36. The number of carboxylic acids is 1. The molecular formula is C10H10N4O2S2. The highest BCUT2D eigenvalue weighted by atomic mass is 32.2. The van der Waals surface area contributed by atoms with E-state index in [4.69, 9.17) is 10.8 Å². The number of carboxylic acid groups (broad SMARTS) is 1. The molecule has 0 radical (unpaired) electrons. The van der Waals surface area contributed by atoms with Gasteiger partial charge in [-0.25, -0.2) is 14.8 Å². The van der Waals surface area contributed by atoms with E-state index in [9.17, 15) is 4.79 Å². The summed E-state index contributed by atoms with van der Waals surface area (Å²) in [5.41, 5.74) is 5.92. The Morgan fingerprint density at radius 2 is 2.39 bits per heavy atom. The zero-order valence-corrected chi connectivity index (χ0v) is 11.1. The first-order chi connectivity index (χ1) is 8.60. The summed E-state index contributed by atoms with van der Waals surface area (Å²) in [6.45, 7) is 1.96. The molecule has 94 valence electrons. The maximum atomic E-state index is 11.1. The molecular weight excluding hydrogens is 272 g/mol. The highest BCUT2D eigenvalue weighted by Crippen LogP contribution is 2.30. The van der Waals surface area contributed by atoms with Crippen molar-refractivity contribution in [2.45, 2.75) is 22.7 Å². The third-order valence-corrected chi connectivity index (χ3v) is 3.86. The molecule has 0 bridgehead atoms. The molecule has 2 aromatic rings. The molecule has 0 saturated carbocycles. The van der Waals surface area contributed by atoms with E-state index in [1.807, 2.05) is 6.92 Å². The van der Waals surface area contributed by atoms with Crippen LogP contribution in [0, 0.1) is 0 Å². The van der Waals surface area contributed by atoms with Crippen molar-refractivity contribution in [2.75, 3.05) is 5.73 Å². The summed E-state index contributed by atoms with van der Waals surface area (Å²) in [6.07, 6.45) is 2.18. The third-order valence-electron chi connectivity index (χ3n) is 2.05. The molecule has 0 aliphatic rings. The maximum Gasteiger partial charge on any atom is 0.338 e. The predicted octanol–water partition coefficient (Wildman–Crippen LogP) is 1.93. The molecule has 0 aliphatic heterocycles. The lowest BCUT2D eigenvalue weighted by atomic mass is 10.3. The van der Waals surface area contributed by atoms with Crippen LogP contribution in [-0.4, -0.2) is 25.4 Å². The van der Waals surface area contributed by atoms with E-state index < -0.39 is 5.97 Å². The largest absolute Gasteiger partial charge is 0.478 e. The minimum Gasteiger partial charge on any atom is -0.478 e. The Hall–Kier alpha value is -1.67. The first-order valence-electron chi connectivity index (χ1n) is 5.09. The Balaban J connectivity index is 2.30. The molecule has 0 unspecified atom stereocenters. The molecule has 6 nitrogen and oxygen atoms in total. The quantitative estimate of drug-likeness (QED) is 0.883. The molecule has 0 saturated heterocycles. The second-order valence-corrected chi connectivity index (χ2v) is 5.35. The van der Waals surface area contributed by atoms with Crippen molar-refractivity contribution >= 4 is 35.0 Å². The van der Waals surface area contributed by atoms with Crippen LogP contribution in [0.25, 0.3) is 0 Å². The molecule has 0 atom stereocenters. The van der Waals surface area contributed by atoms with Crippen molar-refractivity contribution in [3.05, 3.63) is 23.7 Å². The normalized spacial score (nSPS) is 10.5. The fraction of sp³-hybridized carbons (Fsp3) is 0.200. The minimum atomic E-state index is -1.06. The summed E-state index contributed by atoms with van der Waals surface area (Å²) in [4.78, 5) is 19.4. The number of pyridine rings is 1. The van der Waals surface area contributed by atoms with Crippen LogP contribution in [0.3, 0.4) is 0 Å². The van der Waals surface area contributed by atoms with Gasteiger partial charge in [0.15, 0.2) is 4.34 Å². The minimum absolute atomic E-state index is 0.0771. The summed E-state index contributed by atoms with van der Waals surface area (Å²) in [5.74, 6) is -0.313. The Morgan fingerprint density at radius 3 is 3.00 bits per heavy atom. The van der Waals surface area contributed by atoms with E-state index in [-0.39, 0.29) is 5.56 Å². The lowest BCUT2D eigenvalue weighted by molar-refractivity contribution is 0.0692. The van der Waals surface area contributed by atoms with Gasteiger partial charge in [-0.2, -0.15) is 4.37 Å². The van der Waals surface area contributed by atoms with Crippen LogP contribution in [-0.2, 0) is 6.42 Å². The molecule has 0 spiro atoms. The van der Waals surface area contributed by atoms with Gasteiger partial charge >= 0.3 is 5.97 Å². The SMILES string of the molecule is CCc1nsc(Sc2ncc(N)cc2C(=O)O)n1. The van der Waals surface area contributed by atoms with Gasteiger partial charge in [-0.1, -0.05) is 6.92 Å². The number of nitrogen functional groups attached to an aromatic ring is 1. The summed E-state index contributed by atoms with van der Waals surface area (Å²) in [5, 5.41) is 9.45. The molecule has 2 aromatic heterocycles. The van der Waals surface area contributed by atoms with Crippen LogP contribution in [0.15, 0.2) is 21.6 Å². The number of hydrogen-bond acceptors (Lipinski definition) is 7. The number of nitrogens with two attached hydrogens (primary N) is 1. The van der Waals surface area contributed by atoms with Gasteiger partial charge in [0, 0.05) is 6.42 Å². The summed E-state index contributed by atoms with van der Waals surface area (Å²) in [7, 11) is 0. The van der Waals surface area contributed by atoms with Gasteiger partial charge in [0.05, 0.1) is 17.4 Å². The average molecular weight is 282 g/mol. The molecule has 0 fully saturated rings. The monoisotopic (exact) mass is 282 g/mol. The van der Waals surface area contributed by atoms with E-state index in [0.29, 0.717) is 15.1 Å². The predicted molar refractivity (Wildman–Crippen MR) is 69.0 cm³/mol. The molecule has 0 aromatic carbocycles. The van der Waals surface area contributed by atoms with Crippen molar-refractivity contribution in [1.29, 1.82) is 0 Å². The van der Waals surface area contributed by atoms with E-state index in [1.165, 1.54) is 35.6 Å².